The van der Waals surface area contributed by atoms with Crippen molar-refractivity contribution in [3.05, 3.63) is 45.9 Å². The summed E-state index contributed by atoms with van der Waals surface area (Å²) in [6, 6.07) is 9.74. The van der Waals surface area contributed by atoms with Crippen LogP contribution in [0.5, 0.6) is 0 Å². The van der Waals surface area contributed by atoms with Crippen LogP contribution in [0, 0.1) is 6.92 Å². The zero-order valence-corrected chi connectivity index (χ0v) is 15.5. The molecule has 1 amide bonds. The molecule has 0 saturated carbocycles. The van der Waals surface area contributed by atoms with Crippen LogP contribution in [0.4, 0.5) is 0 Å². The molecule has 3 aromatic rings. The molecule has 130 valence electrons. The average Bonchev–Trinajstić information content (AvgIpc) is 3.17. The van der Waals surface area contributed by atoms with Crippen molar-refractivity contribution in [3.8, 4) is 5.69 Å². The Bertz CT molecular complexity index is 926. The molecule has 1 atom stereocenters. The van der Waals surface area contributed by atoms with Crippen LogP contribution >= 0.6 is 22.9 Å². The van der Waals surface area contributed by atoms with Gasteiger partial charge in [0.05, 0.1) is 21.3 Å². The zero-order valence-electron chi connectivity index (χ0n) is 13.9. The Morgan fingerprint density at radius 3 is 3.04 bits per heavy atom. The van der Waals surface area contributed by atoms with Crippen LogP contribution in [-0.2, 0) is 0 Å². The SMILES string of the molecule is Cc1nn(-c2ccccc2Cl)c2sc(C(=O)N[C@H]3CCCNC3)cc12. The van der Waals surface area contributed by atoms with Crippen LogP contribution in [-0.4, -0.2) is 34.8 Å². The highest BCUT2D eigenvalue weighted by atomic mass is 35.5. The minimum atomic E-state index is -0.0139. The minimum Gasteiger partial charge on any atom is -0.347 e. The molecule has 1 aliphatic heterocycles. The number of fused-ring (bicyclic) bond motifs is 1. The van der Waals surface area contributed by atoms with Crippen LogP contribution in [0.2, 0.25) is 5.02 Å². The number of hydrogen-bond donors (Lipinski definition) is 2. The second-order valence-corrected chi connectivity index (χ2v) is 7.73. The van der Waals surface area contributed by atoms with E-state index in [9.17, 15) is 4.79 Å². The summed E-state index contributed by atoms with van der Waals surface area (Å²) < 4.78 is 1.83. The lowest BCUT2D eigenvalue weighted by Gasteiger charge is -2.23. The van der Waals surface area contributed by atoms with E-state index >= 15 is 0 Å². The van der Waals surface area contributed by atoms with E-state index in [1.807, 2.05) is 41.9 Å². The molecular formula is C18H19ClN4OS. The number of carbonyl (C=O) groups excluding carboxylic acids is 1. The Balaban J connectivity index is 1.67. The maximum absolute atomic E-state index is 12.6. The fraction of sp³-hybridized carbons (Fsp3) is 0.333. The predicted molar refractivity (Wildman–Crippen MR) is 102 cm³/mol. The Morgan fingerprint density at radius 2 is 2.28 bits per heavy atom. The maximum Gasteiger partial charge on any atom is 0.261 e. The van der Waals surface area contributed by atoms with E-state index in [1.54, 1.807) is 0 Å². The van der Waals surface area contributed by atoms with Crippen LogP contribution in [0.15, 0.2) is 30.3 Å². The molecule has 0 aliphatic carbocycles. The number of carbonyl (C=O) groups is 1. The largest absolute Gasteiger partial charge is 0.347 e. The van der Waals surface area contributed by atoms with Gasteiger partial charge in [-0.15, -0.1) is 11.3 Å². The standard InChI is InChI=1S/C18H19ClN4OS/c1-11-13-9-16(17(24)21-12-5-4-8-20-10-12)25-18(13)23(22-11)15-7-3-2-6-14(15)19/h2-3,6-7,9,12,20H,4-5,8,10H2,1H3,(H,21,24)/t12-/m0/s1. The van der Waals surface area contributed by atoms with E-state index < -0.39 is 0 Å². The topological polar surface area (TPSA) is 59.0 Å². The Kier molecular flexibility index (Phi) is 4.50. The quantitative estimate of drug-likeness (QED) is 0.737. The molecule has 2 N–H and O–H groups in total. The number of aromatic nitrogens is 2. The summed E-state index contributed by atoms with van der Waals surface area (Å²) in [7, 11) is 0. The molecule has 7 heteroatoms. The fourth-order valence-corrected chi connectivity index (χ4v) is 4.47. The molecule has 5 nitrogen and oxygen atoms in total. The van der Waals surface area contributed by atoms with E-state index in [1.165, 1.54) is 11.3 Å². The number of benzene rings is 1. The molecule has 1 saturated heterocycles. The maximum atomic E-state index is 12.6. The van der Waals surface area contributed by atoms with Crippen molar-refractivity contribution < 1.29 is 4.79 Å². The number of aryl methyl sites for hydroxylation is 1. The highest BCUT2D eigenvalue weighted by molar-refractivity contribution is 7.20. The number of nitrogens with one attached hydrogen (secondary N) is 2. The normalized spacial score (nSPS) is 17.8. The molecule has 1 aliphatic rings. The van der Waals surface area contributed by atoms with Gasteiger partial charge in [-0.3, -0.25) is 4.79 Å². The summed E-state index contributed by atoms with van der Waals surface area (Å²) in [5.74, 6) is -0.0139. The summed E-state index contributed by atoms with van der Waals surface area (Å²) >= 11 is 7.78. The fourth-order valence-electron chi connectivity index (χ4n) is 3.18. The minimum absolute atomic E-state index is 0.0139. The number of piperidine rings is 1. The van der Waals surface area contributed by atoms with Gasteiger partial charge in [0.15, 0.2) is 0 Å². The highest BCUT2D eigenvalue weighted by Gasteiger charge is 2.21. The average molecular weight is 375 g/mol. The van der Waals surface area contributed by atoms with E-state index in [2.05, 4.69) is 15.7 Å². The number of nitrogens with zero attached hydrogens (tertiary/aromatic N) is 2. The molecule has 25 heavy (non-hydrogen) atoms. The third kappa shape index (κ3) is 3.17. The smallest absolute Gasteiger partial charge is 0.261 e. The van der Waals surface area contributed by atoms with Crippen molar-refractivity contribution in [2.75, 3.05) is 13.1 Å². The Labute approximate surface area is 155 Å². The van der Waals surface area contributed by atoms with Crippen molar-refractivity contribution in [2.24, 2.45) is 0 Å². The molecule has 1 aromatic carbocycles. The molecule has 1 fully saturated rings. The van der Waals surface area contributed by atoms with Crippen LogP contribution in [0.1, 0.15) is 28.2 Å². The first-order chi connectivity index (χ1) is 12.1. The van der Waals surface area contributed by atoms with Crippen LogP contribution < -0.4 is 10.6 Å². The lowest BCUT2D eigenvalue weighted by molar-refractivity contribution is 0.0935. The first-order valence-electron chi connectivity index (χ1n) is 8.39. The van der Waals surface area contributed by atoms with Gasteiger partial charge in [0.1, 0.15) is 4.83 Å². The van der Waals surface area contributed by atoms with Gasteiger partial charge < -0.3 is 10.6 Å². The van der Waals surface area contributed by atoms with E-state index in [4.69, 9.17) is 11.6 Å². The Hall–Kier alpha value is -1.89. The third-order valence-corrected chi connectivity index (χ3v) is 5.91. The van der Waals surface area contributed by atoms with E-state index in [0.29, 0.717) is 9.90 Å². The predicted octanol–water partition coefficient (Wildman–Crippen LogP) is 3.53. The first-order valence-corrected chi connectivity index (χ1v) is 9.58. The third-order valence-electron chi connectivity index (χ3n) is 4.48. The number of rotatable bonds is 3. The van der Waals surface area contributed by atoms with Gasteiger partial charge in [-0.05, 0) is 44.5 Å². The van der Waals surface area contributed by atoms with Crippen molar-refractivity contribution in [3.63, 3.8) is 0 Å². The molecule has 0 bridgehead atoms. The van der Waals surface area contributed by atoms with Crippen molar-refractivity contribution in [1.29, 1.82) is 0 Å². The molecule has 2 aromatic heterocycles. The van der Waals surface area contributed by atoms with Crippen molar-refractivity contribution in [2.45, 2.75) is 25.8 Å². The molecule has 0 unspecified atom stereocenters. The van der Waals surface area contributed by atoms with E-state index in [-0.39, 0.29) is 11.9 Å². The van der Waals surface area contributed by atoms with Crippen molar-refractivity contribution >= 4 is 39.1 Å². The molecule has 0 radical (unpaired) electrons. The van der Waals surface area contributed by atoms with Crippen LogP contribution in [0.3, 0.4) is 0 Å². The summed E-state index contributed by atoms with van der Waals surface area (Å²) in [6.45, 7) is 3.82. The molecule has 3 heterocycles. The molecule has 4 rings (SSSR count). The molecule has 0 spiro atoms. The number of hydrogen-bond acceptors (Lipinski definition) is 4. The lowest BCUT2D eigenvalue weighted by atomic mass is 10.1. The van der Waals surface area contributed by atoms with Gasteiger partial charge in [0.25, 0.3) is 5.91 Å². The summed E-state index contributed by atoms with van der Waals surface area (Å²) in [6.07, 6.45) is 2.12. The number of amides is 1. The van der Waals surface area contributed by atoms with E-state index in [0.717, 1.165) is 47.5 Å². The summed E-state index contributed by atoms with van der Waals surface area (Å²) in [4.78, 5) is 14.3. The monoisotopic (exact) mass is 374 g/mol. The number of para-hydroxylation sites is 1. The summed E-state index contributed by atoms with van der Waals surface area (Å²) in [5.41, 5.74) is 1.72. The first kappa shape index (κ1) is 16.6. The Morgan fingerprint density at radius 1 is 1.44 bits per heavy atom. The lowest BCUT2D eigenvalue weighted by Crippen LogP contribution is -2.45. The van der Waals surface area contributed by atoms with Gasteiger partial charge >= 0.3 is 0 Å². The van der Waals surface area contributed by atoms with Gasteiger partial charge in [-0.2, -0.15) is 5.10 Å². The number of halogens is 1. The van der Waals surface area contributed by atoms with Gasteiger partial charge in [0.2, 0.25) is 0 Å². The van der Waals surface area contributed by atoms with Crippen molar-refractivity contribution in [1.82, 2.24) is 20.4 Å². The highest BCUT2D eigenvalue weighted by Crippen LogP contribution is 2.32. The van der Waals surface area contributed by atoms with Gasteiger partial charge in [0, 0.05) is 18.0 Å². The van der Waals surface area contributed by atoms with Gasteiger partial charge in [-0.1, -0.05) is 23.7 Å². The second kappa shape index (κ2) is 6.78. The van der Waals surface area contributed by atoms with Gasteiger partial charge in [-0.25, -0.2) is 4.68 Å². The molecular weight excluding hydrogens is 356 g/mol. The zero-order chi connectivity index (χ0) is 17.4. The van der Waals surface area contributed by atoms with Crippen LogP contribution in [0.25, 0.3) is 15.9 Å². The second-order valence-electron chi connectivity index (χ2n) is 6.29. The number of thiophene rings is 1. The summed E-state index contributed by atoms with van der Waals surface area (Å²) in [5, 5.41) is 12.7.